The van der Waals surface area contributed by atoms with E-state index < -0.39 is 0 Å². The summed E-state index contributed by atoms with van der Waals surface area (Å²) in [5.41, 5.74) is 2.68. The second-order valence-corrected chi connectivity index (χ2v) is 5.56. The van der Waals surface area contributed by atoms with E-state index in [1.54, 1.807) is 0 Å². The van der Waals surface area contributed by atoms with Crippen molar-refractivity contribution in [1.82, 2.24) is 14.9 Å². The van der Waals surface area contributed by atoms with E-state index in [1.165, 1.54) is 14.7 Å². The summed E-state index contributed by atoms with van der Waals surface area (Å²) in [7, 11) is 4.04. The Morgan fingerprint density at radius 2 is 2.22 bits per heavy atom. The number of halogens is 1. The van der Waals surface area contributed by atoms with Crippen LogP contribution < -0.4 is 5.32 Å². The summed E-state index contributed by atoms with van der Waals surface area (Å²) in [6.07, 6.45) is 4.74. The van der Waals surface area contributed by atoms with Gasteiger partial charge in [0.1, 0.15) is 5.82 Å². The Kier molecular flexibility index (Phi) is 4.40. The summed E-state index contributed by atoms with van der Waals surface area (Å²) in [5.74, 6) is 1.10. The first-order valence-corrected chi connectivity index (χ1v) is 7.10. The Morgan fingerprint density at radius 3 is 2.83 bits per heavy atom. The lowest BCUT2D eigenvalue weighted by molar-refractivity contribution is 0.561. The average Bonchev–Trinajstić information content (AvgIpc) is 2.76. The summed E-state index contributed by atoms with van der Waals surface area (Å²) in [4.78, 5) is 4.40. The van der Waals surface area contributed by atoms with Crippen molar-refractivity contribution in [3.8, 4) is 0 Å². The highest BCUT2D eigenvalue weighted by atomic mass is 127. The fraction of sp³-hybridized carbons (Fsp3) is 0.357. The molecule has 3 nitrogen and oxygen atoms in total. The molecule has 1 aromatic carbocycles. The molecule has 18 heavy (non-hydrogen) atoms. The number of benzene rings is 1. The van der Waals surface area contributed by atoms with Crippen LogP contribution in [0.15, 0.2) is 30.6 Å². The molecule has 0 aliphatic rings. The third kappa shape index (κ3) is 2.75. The molecule has 0 fully saturated rings. The maximum absolute atomic E-state index is 4.40. The van der Waals surface area contributed by atoms with E-state index in [2.05, 4.69) is 62.6 Å². The number of imidazole rings is 1. The molecule has 0 amide bonds. The van der Waals surface area contributed by atoms with Crippen molar-refractivity contribution in [3.63, 3.8) is 0 Å². The zero-order valence-corrected chi connectivity index (χ0v) is 13.1. The Bertz CT molecular complexity index is 534. The summed E-state index contributed by atoms with van der Waals surface area (Å²) >= 11 is 2.43. The van der Waals surface area contributed by atoms with E-state index in [9.17, 15) is 0 Å². The molecule has 0 saturated carbocycles. The highest BCUT2D eigenvalue weighted by Gasteiger charge is 2.16. The highest BCUT2D eigenvalue weighted by Crippen LogP contribution is 2.25. The first kappa shape index (κ1) is 13.5. The lowest BCUT2D eigenvalue weighted by Gasteiger charge is -2.19. The van der Waals surface area contributed by atoms with Crippen LogP contribution >= 0.6 is 22.6 Å². The van der Waals surface area contributed by atoms with Crippen LogP contribution in [0.25, 0.3) is 0 Å². The van der Waals surface area contributed by atoms with Gasteiger partial charge in [0.25, 0.3) is 0 Å². The summed E-state index contributed by atoms with van der Waals surface area (Å²) in [6, 6.07) is 6.77. The number of likely N-dealkylation sites (N-methyl/N-ethyl adjacent to an activating group) is 1. The summed E-state index contributed by atoms with van der Waals surface area (Å²) < 4.78 is 3.41. The van der Waals surface area contributed by atoms with E-state index >= 15 is 0 Å². The first-order chi connectivity index (χ1) is 8.63. The van der Waals surface area contributed by atoms with Crippen molar-refractivity contribution in [3.05, 3.63) is 51.1 Å². The molecule has 0 aliphatic heterocycles. The van der Waals surface area contributed by atoms with E-state index in [-0.39, 0.29) is 0 Å². The number of aromatic nitrogens is 2. The van der Waals surface area contributed by atoms with Crippen LogP contribution in [0.4, 0.5) is 0 Å². The van der Waals surface area contributed by atoms with Gasteiger partial charge < -0.3 is 9.88 Å². The van der Waals surface area contributed by atoms with E-state index in [4.69, 9.17) is 0 Å². The molecule has 0 radical (unpaired) electrons. The highest BCUT2D eigenvalue weighted by molar-refractivity contribution is 14.1. The Morgan fingerprint density at radius 1 is 1.44 bits per heavy atom. The number of hydrogen-bond acceptors (Lipinski definition) is 2. The number of rotatable bonds is 4. The van der Waals surface area contributed by atoms with Crippen molar-refractivity contribution in [1.29, 1.82) is 0 Å². The third-order valence-electron chi connectivity index (χ3n) is 3.25. The van der Waals surface area contributed by atoms with Crippen molar-refractivity contribution in [2.45, 2.75) is 19.4 Å². The van der Waals surface area contributed by atoms with Crippen LogP contribution in [0.5, 0.6) is 0 Å². The molecule has 1 aromatic heterocycles. The second-order valence-electron chi connectivity index (χ2n) is 4.48. The molecule has 0 bridgehead atoms. The zero-order chi connectivity index (χ0) is 13.1. The van der Waals surface area contributed by atoms with Gasteiger partial charge >= 0.3 is 0 Å². The second kappa shape index (κ2) is 5.84. The van der Waals surface area contributed by atoms with Crippen molar-refractivity contribution in [2.75, 3.05) is 7.05 Å². The lowest BCUT2D eigenvalue weighted by Crippen LogP contribution is -2.21. The maximum Gasteiger partial charge on any atom is 0.110 e. The Balaban J connectivity index is 2.29. The molecule has 1 N–H and O–H groups in total. The smallest absolute Gasteiger partial charge is 0.110 e. The van der Waals surface area contributed by atoms with Crippen LogP contribution in [-0.4, -0.2) is 16.6 Å². The third-order valence-corrected chi connectivity index (χ3v) is 4.73. The van der Waals surface area contributed by atoms with Gasteiger partial charge in [0.15, 0.2) is 0 Å². The van der Waals surface area contributed by atoms with Crippen molar-refractivity contribution in [2.24, 2.45) is 7.05 Å². The minimum atomic E-state index is 0.304. The molecule has 1 atom stereocenters. The predicted molar refractivity (Wildman–Crippen MR) is 82.6 cm³/mol. The SMILES string of the molecule is CNC(Cc1nccn1C)c1cccc(C)c1I. The van der Waals surface area contributed by atoms with Gasteiger partial charge in [-0.1, -0.05) is 18.2 Å². The molecule has 0 aliphatic carbocycles. The van der Waals surface area contributed by atoms with E-state index in [0.717, 1.165) is 12.2 Å². The van der Waals surface area contributed by atoms with Gasteiger partial charge in [-0.2, -0.15) is 0 Å². The van der Waals surface area contributed by atoms with Crippen LogP contribution in [-0.2, 0) is 13.5 Å². The molecule has 1 heterocycles. The molecule has 2 aromatic rings. The number of aryl methyl sites for hydroxylation is 2. The normalized spacial score (nSPS) is 12.7. The number of nitrogens with one attached hydrogen (secondary N) is 1. The van der Waals surface area contributed by atoms with Gasteiger partial charge in [-0.15, -0.1) is 0 Å². The molecule has 2 rings (SSSR count). The van der Waals surface area contributed by atoms with Gasteiger partial charge in [-0.25, -0.2) is 4.98 Å². The van der Waals surface area contributed by atoms with E-state index in [0.29, 0.717) is 6.04 Å². The van der Waals surface area contributed by atoms with Crippen LogP contribution in [0.2, 0.25) is 0 Å². The van der Waals surface area contributed by atoms with Crippen molar-refractivity contribution < 1.29 is 0 Å². The van der Waals surface area contributed by atoms with Gasteiger partial charge in [0.05, 0.1) is 0 Å². The molecule has 4 heteroatoms. The lowest BCUT2D eigenvalue weighted by atomic mass is 10.0. The van der Waals surface area contributed by atoms with Gasteiger partial charge in [0, 0.05) is 35.5 Å². The Hall–Kier alpha value is -0.880. The summed E-state index contributed by atoms with van der Waals surface area (Å²) in [5, 5.41) is 3.39. The zero-order valence-electron chi connectivity index (χ0n) is 10.9. The molecular weight excluding hydrogens is 337 g/mol. The topological polar surface area (TPSA) is 29.9 Å². The fourth-order valence-corrected chi connectivity index (χ4v) is 2.82. The van der Waals surface area contributed by atoms with E-state index in [1.807, 2.05) is 26.5 Å². The molecule has 0 spiro atoms. The Labute approximate surface area is 122 Å². The largest absolute Gasteiger partial charge is 0.338 e. The minimum Gasteiger partial charge on any atom is -0.338 e. The van der Waals surface area contributed by atoms with Gasteiger partial charge in [-0.05, 0) is 47.7 Å². The van der Waals surface area contributed by atoms with Crippen LogP contribution in [0, 0.1) is 10.5 Å². The standard InChI is InChI=1S/C14H18IN3/c1-10-5-4-6-11(14(10)15)12(16-2)9-13-17-7-8-18(13)3/h4-8,12,16H,9H2,1-3H3. The van der Waals surface area contributed by atoms with Gasteiger partial charge in [-0.3, -0.25) is 0 Å². The molecule has 1 unspecified atom stereocenters. The fourth-order valence-electron chi connectivity index (χ4n) is 2.08. The molecular formula is C14H18IN3. The van der Waals surface area contributed by atoms with Gasteiger partial charge in [0.2, 0.25) is 0 Å². The molecule has 96 valence electrons. The minimum absolute atomic E-state index is 0.304. The monoisotopic (exact) mass is 355 g/mol. The number of nitrogens with zero attached hydrogens (tertiary/aromatic N) is 2. The van der Waals surface area contributed by atoms with Crippen LogP contribution in [0.3, 0.4) is 0 Å². The first-order valence-electron chi connectivity index (χ1n) is 6.02. The quantitative estimate of drug-likeness (QED) is 0.855. The van der Waals surface area contributed by atoms with Crippen molar-refractivity contribution >= 4 is 22.6 Å². The summed E-state index contributed by atoms with van der Waals surface area (Å²) in [6.45, 7) is 2.15. The average molecular weight is 355 g/mol. The molecule has 0 saturated heterocycles. The number of hydrogen-bond donors (Lipinski definition) is 1. The predicted octanol–water partition coefficient (Wildman–Crippen LogP) is 2.84. The maximum atomic E-state index is 4.40. The van der Waals surface area contributed by atoms with Crippen LogP contribution in [0.1, 0.15) is 23.0 Å².